The van der Waals surface area contributed by atoms with Crippen LogP contribution in [0.25, 0.3) is 0 Å². The Morgan fingerprint density at radius 3 is 2.88 bits per heavy atom. The molecule has 0 amide bonds. The van der Waals surface area contributed by atoms with Crippen LogP contribution in [0, 0.1) is 0 Å². The quantitative estimate of drug-likeness (QED) is 0.341. The van der Waals surface area contributed by atoms with Crippen LogP contribution in [0.3, 0.4) is 0 Å². The summed E-state index contributed by atoms with van der Waals surface area (Å²) in [6, 6.07) is 3.31. The fourth-order valence-electron chi connectivity index (χ4n) is 1.98. The van der Waals surface area contributed by atoms with Crippen LogP contribution in [0.5, 0.6) is 5.88 Å². The minimum Gasteiger partial charge on any atom is -0.468 e. The molecule has 0 aliphatic carbocycles. The number of allylic oxidation sites excluding steroid dienone is 1. The Morgan fingerprint density at radius 2 is 2.25 bits per heavy atom. The van der Waals surface area contributed by atoms with Gasteiger partial charge in [0.1, 0.15) is 0 Å². The Morgan fingerprint density at radius 1 is 1.50 bits per heavy atom. The number of hydrogen-bond donors (Lipinski definition) is 1. The summed E-state index contributed by atoms with van der Waals surface area (Å²) in [5, 5.41) is 3.10. The number of rotatable bonds is 8. The molecule has 0 atom stereocenters. The lowest BCUT2D eigenvalue weighted by atomic mass is 10.2. The summed E-state index contributed by atoms with van der Waals surface area (Å²) in [4.78, 5) is 9.97. The number of pyridine rings is 1. The summed E-state index contributed by atoms with van der Waals surface area (Å²) in [5.41, 5.74) is 0.530. The van der Waals surface area contributed by atoms with Gasteiger partial charge in [-0.05, 0) is 18.9 Å². The van der Waals surface area contributed by atoms with Crippen molar-refractivity contribution in [2.24, 2.45) is 4.99 Å². The molecular formula is C16H23F3N4O. The molecule has 0 saturated carbocycles. The molecule has 1 heterocycles. The number of unbranched alkanes of at least 4 members (excludes halogenated alkanes) is 1. The van der Waals surface area contributed by atoms with E-state index in [1.54, 1.807) is 19.2 Å². The molecule has 8 heteroatoms. The highest BCUT2D eigenvalue weighted by Gasteiger charge is 2.29. The van der Waals surface area contributed by atoms with Gasteiger partial charge in [-0.1, -0.05) is 12.1 Å². The second-order valence-electron chi connectivity index (χ2n) is 5.12. The lowest BCUT2D eigenvalue weighted by Crippen LogP contribution is -2.39. The minimum atomic E-state index is -4.40. The monoisotopic (exact) mass is 344 g/mol. The molecule has 1 rings (SSSR count). The van der Waals surface area contributed by atoms with Crippen LogP contribution in [-0.4, -0.2) is 49.3 Å². The molecule has 0 unspecified atom stereocenters. The van der Waals surface area contributed by atoms with Gasteiger partial charge in [0.05, 0.1) is 0 Å². The Kier molecular flexibility index (Phi) is 8.08. The van der Waals surface area contributed by atoms with Gasteiger partial charge >= 0.3 is 6.18 Å². The lowest BCUT2D eigenvalue weighted by molar-refractivity contribution is -0.154. The highest BCUT2D eigenvalue weighted by atomic mass is 19.4. The number of guanidine groups is 1. The topological polar surface area (TPSA) is 49.8 Å². The average molecular weight is 344 g/mol. The first-order valence-electron chi connectivity index (χ1n) is 7.53. The zero-order chi connectivity index (χ0) is 18.0. The first-order chi connectivity index (χ1) is 11.4. The highest BCUT2D eigenvalue weighted by molar-refractivity contribution is 5.79. The normalized spacial score (nSPS) is 12.0. The Balaban J connectivity index is 2.63. The third kappa shape index (κ3) is 7.34. The van der Waals surface area contributed by atoms with Gasteiger partial charge in [-0.25, -0.2) is 4.98 Å². The standard InChI is InChI=1S/C16H23F3N4O/c1-4-5-6-10-23(3)15(20-2)22-11-13-8-7-9-21-14(13)24-12-16(17,18)19/h4,7-9H,1,5-6,10-12H2,2-3H3,(H,20,22). The van der Waals surface area contributed by atoms with Gasteiger partial charge in [0.2, 0.25) is 5.88 Å². The fraction of sp³-hybridized carbons (Fsp3) is 0.500. The highest BCUT2D eigenvalue weighted by Crippen LogP contribution is 2.19. The number of alkyl halides is 3. The Bertz CT molecular complexity index is 546. The van der Waals surface area contributed by atoms with Crippen LogP contribution in [-0.2, 0) is 6.54 Å². The van der Waals surface area contributed by atoms with E-state index in [9.17, 15) is 13.2 Å². The predicted molar refractivity (Wildman–Crippen MR) is 88.0 cm³/mol. The van der Waals surface area contributed by atoms with Gasteiger partial charge < -0.3 is 15.0 Å². The van der Waals surface area contributed by atoms with Gasteiger partial charge in [-0.2, -0.15) is 13.2 Å². The van der Waals surface area contributed by atoms with E-state index in [0.29, 0.717) is 11.5 Å². The number of hydrogen-bond acceptors (Lipinski definition) is 3. The largest absolute Gasteiger partial charge is 0.468 e. The van der Waals surface area contributed by atoms with Crippen LogP contribution in [0.1, 0.15) is 18.4 Å². The molecule has 1 aromatic rings. The number of aliphatic imine (C=N–C) groups is 1. The van der Waals surface area contributed by atoms with E-state index in [-0.39, 0.29) is 12.4 Å². The Hall–Kier alpha value is -2.25. The maximum Gasteiger partial charge on any atom is 0.422 e. The fourth-order valence-corrected chi connectivity index (χ4v) is 1.98. The van der Waals surface area contributed by atoms with Crippen molar-refractivity contribution in [3.63, 3.8) is 0 Å². The second-order valence-corrected chi connectivity index (χ2v) is 5.12. The Labute approximate surface area is 140 Å². The van der Waals surface area contributed by atoms with Crippen LogP contribution >= 0.6 is 0 Å². The van der Waals surface area contributed by atoms with Crippen LogP contribution in [0.15, 0.2) is 36.0 Å². The van der Waals surface area contributed by atoms with Gasteiger partial charge in [-0.15, -0.1) is 6.58 Å². The first kappa shape index (κ1) is 19.8. The molecule has 0 bridgehead atoms. The van der Waals surface area contributed by atoms with Crippen molar-refractivity contribution in [2.75, 3.05) is 27.2 Å². The van der Waals surface area contributed by atoms with E-state index in [1.165, 1.54) is 6.20 Å². The van der Waals surface area contributed by atoms with Crippen molar-refractivity contribution in [1.29, 1.82) is 0 Å². The van der Waals surface area contributed by atoms with E-state index in [0.717, 1.165) is 19.4 Å². The van der Waals surface area contributed by atoms with Gasteiger partial charge in [-0.3, -0.25) is 4.99 Å². The summed E-state index contributed by atoms with van der Waals surface area (Å²) in [6.07, 6.45) is 0.686. The van der Waals surface area contributed by atoms with Crippen molar-refractivity contribution < 1.29 is 17.9 Å². The SMILES string of the molecule is C=CCCCN(C)C(=NC)NCc1cccnc1OCC(F)(F)F. The first-order valence-corrected chi connectivity index (χ1v) is 7.53. The molecule has 0 saturated heterocycles. The molecule has 0 aromatic carbocycles. The average Bonchev–Trinajstić information content (AvgIpc) is 2.54. The molecule has 0 spiro atoms. The number of halogens is 3. The predicted octanol–water partition coefficient (Wildman–Crippen LogP) is 3.00. The zero-order valence-corrected chi connectivity index (χ0v) is 13.9. The maximum absolute atomic E-state index is 12.3. The molecular weight excluding hydrogens is 321 g/mol. The van der Waals surface area contributed by atoms with Crippen LogP contribution in [0.2, 0.25) is 0 Å². The smallest absolute Gasteiger partial charge is 0.422 e. The third-order valence-corrected chi connectivity index (χ3v) is 3.13. The molecule has 134 valence electrons. The molecule has 5 nitrogen and oxygen atoms in total. The third-order valence-electron chi connectivity index (χ3n) is 3.13. The summed E-state index contributed by atoms with van der Waals surface area (Å²) in [5.74, 6) is 0.608. The van der Waals surface area contributed by atoms with Crippen molar-refractivity contribution in [3.05, 3.63) is 36.5 Å². The lowest BCUT2D eigenvalue weighted by Gasteiger charge is -2.22. The van der Waals surface area contributed by atoms with E-state index in [1.807, 2.05) is 18.0 Å². The molecule has 0 radical (unpaired) electrons. The van der Waals surface area contributed by atoms with Gasteiger partial charge in [0.15, 0.2) is 12.6 Å². The zero-order valence-electron chi connectivity index (χ0n) is 13.9. The van der Waals surface area contributed by atoms with Crippen molar-refractivity contribution in [1.82, 2.24) is 15.2 Å². The molecule has 1 N–H and O–H groups in total. The molecule has 0 aliphatic rings. The summed E-state index contributed by atoms with van der Waals surface area (Å²) >= 11 is 0. The molecule has 0 aliphatic heterocycles. The van der Waals surface area contributed by atoms with Crippen molar-refractivity contribution in [3.8, 4) is 5.88 Å². The summed E-state index contributed by atoms with van der Waals surface area (Å²) in [7, 11) is 3.54. The summed E-state index contributed by atoms with van der Waals surface area (Å²) in [6.45, 7) is 3.36. The van der Waals surface area contributed by atoms with E-state index in [4.69, 9.17) is 4.74 Å². The minimum absolute atomic E-state index is 0.0351. The number of ether oxygens (including phenoxy) is 1. The van der Waals surface area contributed by atoms with E-state index in [2.05, 4.69) is 21.9 Å². The van der Waals surface area contributed by atoms with Crippen molar-refractivity contribution >= 4 is 5.96 Å². The molecule has 24 heavy (non-hydrogen) atoms. The number of aromatic nitrogens is 1. The number of nitrogens with one attached hydrogen (secondary N) is 1. The molecule has 0 fully saturated rings. The van der Waals surface area contributed by atoms with Gasteiger partial charge in [0.25, 0.3) is 0 Å². The van der Waals surface area contributed by atoms with E-state index < -0.39 is 12.8 Å². The maximum atomic E-state index is 12.3. The van der Waals surface area contributed by atoms with Crippen LogP contribution < -0.4 is 10.1 Å². The van der Waals surface area contributed by atoms with Gasteiger partial charge in [0, 0.05) is 38.9 Å². The molecule has 1 aromatic heterocycles. The summed E-state index contributed by atoms with van der Waals surface area (Å²) < 4.78 is 41.6. The van der Waals surface area contributed by atoms with Crippen molar-refractivity contribution in [2.45, 2.75) is 25.6 Å². The van der Waals surface area contributed by atoms with E-state index >= 15 is 0 Å². The van der Waals surface area contributed by atoms with Crippen LogP contribution in [0.4, 0.5) is 13.2 Å². The number of nitrogens with zero attached hydrogens (tertiary/aromatic N) is 3. The second kappa shape index (κ2) is 9.79.